The van der Waals surface area contributed by atoms with E-state index in [1.807, 2.05) is 0 Å². The second kappa shape index (κ2) is 2.34. The van der Waals surface area contributed by atoms with Crippen molar-refractivity contribution in [2.75, 3.05) is 0 Å². The van der Waals surface area contributed by atoms with E-state index in [1.165, 1.54) is 0 Å². The largest absolute Gasteiger partial charge is 0.364 e. The molecule has 1 N–H and O–H groups in total. The summed E-state index contributed by atoms with van der Waals surface area (Å²) in [6, 6.07) is 0. The molecular formula is C3H7F2NO2. The second-order valence-corrected chi connectivity index (χ2v) is 1.74. The van der Waals surface area contributed by atoms with Crippen molar-refractivity contribution < 1.29 is 18.9 Å². The van der Waals surface area contributed by atoms with Gasteiger partial charge in [0.25, 0.3) is 0 Å². The van der Waals surface area contributed by atoms with Crippen molar-refractivity contribution >= 4 is 0 Å². The van der Waals surface area contributed by atoms with Gasteiger partial charge in [0.05, 0.1) is 0 Å². The summed E-state index contributed by atoms with van der Waals surface area (Å²) in [5.74, 6) is -1.80. The van der Waals surface area contributed by atoms with Crippen LogP contribution in [0, 0.1) is 0 Å². The van der Waals surface area contributed by atoms with Crippen molar-refractivity contribution in [3.05, 3.63) is 0 Å². The van der Waals surface area contributed by atoms with E-state index in [1.54, 1.807) is 0 Å². The second-order valence-electron chi connectivity index (χ2n) is 1.74. The fourth-order valence-corrected chi connectivity index (χ4v) is 0.169. The van der Waals surface area contributed by atoms with Crippen LogP contribution in [0.15, 0.2) is 0 Å². The molecule has 0 saturated carbocycles. The van der Waals surface area contributed by atoms with Crippen LogP contribution in [0.25, 0.3) is 0 Å². The lowest BCUT2D eigenvalue weighted by Gasteiger charge is -2.15. The van der Waals surface area contributed by atoms with Crippen molar-refractivity contribution in [1.29, 1.82) is 0 Å². The summed E-state index contributed by atoms with van der Waals surface area (Å²) in [7, 11) is 0. The number of rotatable bonds is 2. The van der Waals surface area contributed by atoms with Crippen molar-refractivity contribution in [3.63, 3.8) is 0 Å². The first-order valence-corrected chi connectivity index (χ1v) is 1.95. The van der Waals surface area contributed by atoms with Crippen LogP contribution >= 0.6 is 0 Å². The first-order valence-electron chi connectivity index (χ1n) is 1.95. The summed E-state index contributed by atoms with van der Waals surface area (Å²) in [6.45, 7) is 2.19. The number of nitrogens with zero attached hydrogens (tertiary/aromatic N) is 1. The molecule has 0 amide bonds. The summed E-state index contributed by atoms with van der Waals surface area (Å²) >= 11 is 0. The van der Waals surface area contributed by atoms with Crippen LogP contribution in [0.1, 0.15) is 13.8 Å². The molecule has 0 aliphatic rings. The van der Waals surface area contributed by atoms with E-state index in [2.05, 4.69) is 4.84 Å². The Morgan fingerprint density at radius 2 is 1.88 bits per heavy atom. The predicted molar refractivity (Wildman–Crippen MR) is 21.4 cm³/mol. The first kappa shape index (κ1) is 7.74. The van der Waals surface area contributed by atoms with E-state index in [-0.39, 0.29) is 0 Å². The molecule has 0 unspecified atom stereocenters. The third kappa shape index (κ3) is 5.74. The Morgan fingerprint density at radius 1 is 1.50 bits per heavy atom. The SMILES string of the molecule is CC(C)(O)ON(F)F. The molecule has 0 fully saturated rings. The van der Waals surface area contributed by atoms with Crippen molar-refractivity contribution in [2.24, 2.45) is 0 Å². The molecule has 0 aliphatic carbocycles. The smallest absolute Gasteiger partial charge is 0.185 e. The van der Waals surface area contributed by atoms with Crippen LogP contribution in [0.5, 0.6) is 0 Å². The summed E-state index contributed by atoms with van der Waals surface area (Å²) < 4.78 is 22.0. The summed E-state index contributed by atoms with van der Waals surface area (Å²) in [4.78, 5) is 3.49. The number of aliphatic hydroxyl groups is 1. The zero-order valence-electron chi connectivity index (χ0n) is 4.56. The first-order chi connectivity index (χ1) is 3.42. The number of hydrogen-bond acceptors (Lipinski definition) is 3. The van der Waals surface area contributed by atoms with Gasteiger partial charge in [-0.1, -0.05) is 8.96 Å². The van der Waals surface area contributed by atoms with E-state index in [0.29, 0.717) is 0 Å². The number of halogens is 2. The summed E-state index contributed by atoms with van der Waals surface area (Å²) in [6.07, 6.45) is 0. The van der Waals surface area contributed by atoms with E-state index >= 15 is 0 Å². The van der Waals surface area contributed by atoms with Crippen LogP contribution in [0.4, 0.5) is 8.96 Å². The standard InChI is InChI=1S/C3H7F2NO2/c1-3(2,7)8-6(4)5/h7H,1-2H3. The lowest BCUT2D eigenvalue weighted by atomic mass is 10.4. The molecule has 8 heavy (non-hydrogen) atoms. The average molecular weight is 127 g/mol. The number of hydrogen-bond donors (Lipinski definition) is 1. The van der Waals surface area contributed by atoms with E-state index in [4.69, 9.17) is 5.11 Å². The Kier molecular flexibility index (Phi) is 2.26. The Labute approximate surface area is 45.3 Å². The molecule has 0 rings (SSSR count). The van der Waals surface area contributed by atoms with Gasteiger partial charge in [0.2, 0.25) is 0 Å². The highest BCUT2D eigenvalue weighted by molar-refractivity contribution is 4.41. The van der Waals surface area contributed by atoms with Crippen LogP contribution < -0.4 is 0 Å². The molecule has 0 saturated heterocycles. The fourth-order valence-electron chi connectivity index (χ4n) is 0.169. The molecule has 0 radical (unpaired) electrons. The third-order valence-electron chi connectivity index (χ3n) is 0.292. The quantitative estimate of drug-likeness (QED) is 0.337. The van der Waals surface area contributed by atoms with E-state index < -0.39 is 11.3 Å². The fraction of sp³-hybridized carbons (Fsp3) is 1.00. The molecule has 0 bridgehead atoms. The zero-order chi connectivity index (χ0) is 6.78. The van der Waals surface area contributed by atoms with Gasteiger partial charge in [-0.25, -0.2) is 4.84 Å². The van der Waals surface area contributed by atoms with Gasteiger partial charge in [-0.3, -0.25) is 0 Å². The minimum absolute atomic E-state index is 1.10. The van der Waals surface area contributed by atoms with Gasteiger partial charge in [-0.05, 0) is 13.8 Å². The maximum absolute atomic E-state index is 11.0. The molecule has 0 aromatic rings. The highest BCUT2D eigenvalue weighted by Crippen LogP contribution is 2.06. The van der Waals surface area contributed by atoms with Gasteiger partial charge in [0.15, 0.2) is 11.3 Å². The van der Waals surface area contributed by atoms with Crippen LogP contribution in [0.2, 0.25) is 0 Å². The maximum Gasteiger partial charge on any atom is 0.185 e. The molecule has 0 heterocycles. The highest BCUT2D eigenvalue weighted by Gasteiger charge is 2.17. The normalized spacial score (nSPS) is 12.8. The summed E-state index contributed by atoms with van der Waals surface area (Å²) in [5, 5.41) is 8.44. The molecule has 5 heteroatoms. The van der Waals surface area contributed by atoms with E-state index in [9.17, 15) is 8.96 Å². The van der Waals surface area contributed by atoms with E-state index in [0.717, 1.165) is 13.8 Å². The van der Waals surface area contributed by atoms with Gasteiger partial charge in [0.1, 0.15) is 0 Å². The third-order valence-corrected chi connectivity index (χ3v) is 0.292. The van der Waals surface area contributed by atoms with Gasteiger partial charge < -0.3 is 5.11 Å². The lowest BCUT2D eigenvalue weighted by molar-refractivity contribution is -0.461. The average Bonchev–Trinajstić information content (AvgIpc) is 1.21. The topological polar surface area (TPSA) is 32.7 Å². The van der Waals surface area contributed by atoms with Gasteiger partial charge in [-0.15, -0.1) is 0 Å². The minimum Gasteiger partial charge on any atom is -0.364 e. The molecule has 0 spiro atoms. The zero-order valence-corrected chi connectivity index (χ0v) is 4.56. The van der Waals surface area contributed by atoms with Crippen LogP contribution in [-0.2, 0) is 4.84 Å². The molecule has 0 atom stereocenters. The van der Waals surface area contributed by atoms with Gasteiger partial charge in [-0.2, -0.15) is 0 Å². The van der Waals surface area contributed by atoms with Crippen LogP contribution in [0.3, 0.4) is 0 Å². The monoisotopic (exact) mass is 127 g/mol. The van der Waals surface area contributed by atoms with Crippen LogP contribution in [-0.4, -0.2) is 16.4 Å². The molecule has 3 nitrogen and oxygen atoms in total. The Hall–Kier alpha value is -0.260. The molecular weight excluding hydrogens is 120 g/mol. The molecule has 0 aromatic carbocycles. The Balaban J connectivity index is 3.39. The summed E-state index contributed by atoms with van der Waals surface area (Å²) in [5.41, 5.74) is -1.54. The minimum atomic E-state index is -1.80. The highest BCUT2D eigenvalue weighted by atomic mass is 19.4. The molecule has 50 valence electrons. The Morgan fingerprint density at radius 3 is 1.88 bits per heavy atom. The van der Waals surface area contributed by atoms with Crippen molar-refractivity contribution in [1.82, 2.24) is 5.51 Å². The van der Waals surface area contributed by atoms with Crippen molar-refractivity contribution in [2.45, 2.75) is 19.6 Å². The molecule has 0 aliphatic heterocycles. The lowest BCUT2D eigenvalue weighted by Crippen LogP contribution is -2.27. The van der Waals surface area contributed by atoms with Gasteiger partial charge in [0, 0.05) is 0 Å². The molecule has 0 aromatic heterocycles. The maximum atomic E-state index is 11.0. The Bertz CT molecular complexity index is 70.2. The van der Waals surface area contributed by atoms with Gasteiger partial charge >= 0.3 is 0 Å². The predicted octanol–water partition coefficient (Wildman–Crippen LogP) is 0.717. The van der Waals surface area contributed by atoms with Crippen molar-refractivity contribution in [3.8, 4) is 0 Å².